The summed E-state index contributed by atoms with van der Waals surface area (Å²) in [6.45, 7) is 3.00. The number of hydrogen-bond acceptors (Lipinski definition) is 7. The predicted octanol–water partition coefficient (Wildman–Crippen LogP) is -1.08. The van der Waals surface area contributed by atoms with Gasteiger partial charge < -0.3 is 19.9 Å². The Hall–Kier alpha value is -2.62. The van der Waals surface area contributed by atoms with Gasteiger partial charge in [0.05, 0.1) is 24.2 Å². The molecule has 9 nitrogen and oxygen atoms in total. The number of aromatic amines is 1. The zero-order valence-electron chi connectivity index (χ0n) is 13.7. The third-order valence-corrected chi connectivity index (χ3v) is 4.23. The molecule has 0 aromatic heterocycles. The maximum Gasteiger partial charge on any atom is 0.349 e. The summed E-state index contributed by atoms with van der Waals surface area (Å²) in [6.07, 6.45) is -2.69. The number of benzene rings is 1. The van der Waals surface area contributed by atoms with Crippen LogP contribution in [0.2, 0.25) is 0 Å². The van der Waals surface area contributed by atoms with Crippen LogP contribution in [0.3, 0.4) is 0 Å². The van der Waals surface area contributed by atoms with E-state index in [0.717, 1.165) is 11.1 Å². The summed E-state index contributed by atoms with van der Waals surface area (Å²) in [4.78, 5) is 33.9. The van der Waals surface area contributed by atoms with E-state index in [4.69, 9.17) is 5.11 Å². The summed E-state index contributed by atoms with van der Waals surface area (Å²) in [7, 11) is 0. The Morgan fingerprint density at radius 2 is 1.80 bits per heavy atom. The molecule has 0 unspecified atom stereocenters. The Morgan fingerprint density at radius 3 is 2.48 bits per heavy atom. The quantitative estimate of drug-likeness (QED) is 0.440. The zero-order chi connectivity index (χ0) is 18.3. The van der Waals surface area contributed by atoms with Gasteiger partial charge in [-0.1, -0.05) is 0 Å². The van der Waals surface area contributed by atoms with Gasteiger partial charge in [0.15, 0.2) is 11.5 Å². The predicted molar refractivity (Wildman–Crippen MR) is 89.6 cm³/mol. The van der Waals surface area contributed by atoms with E-state index in [9.17, 15) is 19.8 Å². The second-order valence-corrected chi connectivity index (χ2v) is 6.01. The molecule has 1 aromatic carbocycles. The van der Waals surface area contributed by atoms with Crippen LogP contribution in [0.1, 0.15) is 11.1 Å². The molecule has 1 aromatic rings. The lowest BCUT2D eigenvalue weighted by Gasteiger charge is -2.22. The maximum atomic E-state index is 12.1. The molecule has 0 radical (unpaired) electrons. The zero-order valence-corrected chi connectivity index (χ0v) is 13.7. The Balaban J connectivity index is 2.37. The summed E-state index contributed by atoms with van der Waals surface area (Å²) < 4.78 is 1.46. The van der Waals surface area contributed by atoms with Gasteiger partial charge in [-0.2, -0.15) is 4.98 Å². The fourth-order valence-electron chi connectivity index (χ4n) is 2.67. The molecule has 0 amide bonds. The molecule has 3 rings (SSSR count). The minimum absolute atomic E-state index is 0.00805. The number of aryl methyl sites for hydroxylation is 2. The van der Waals surface area contributed by atoms with Crippen LogP contribution < -0.4 is 11.2 Å². The van der Waals surface area contributed by atoms with Crippen molar-refractivity contribution >= 4 is 11.0 Å². The van der Waals surface area contributed by atoms with Crippen molar-refractivity contribution in [2.45, 2.75) is 32.6 Å². The number of nitrogens with zero attached hydrogens (tertiary/aromatic N) is 3. The van der Waals surface area contributed by atoms with E-state index in [1.165, 1.54) is 4.57 Å². The number of aromatic nitrogens is 4. The van der Waals surface area contributed by atoms with E-state index < -0.39 is 30.1 Å². The minimum atomic E-state index is -1.37. The van der Waals surface area contributed by atoms with Gasteiger partial charge in [0.2, 0.25) is 0 Å². The molecule has 2 aliphatic heterocycles. The van der Waals surface area contributed by atoms with Gasteiger partial charge in [-0.05, 0) is 37.1 Å². The average molecular weight is 346 g/mol. The Labute approximate surface area is 141 Å². The van der Waals surface area contributed by atoms with E-state index in [0.29, 0.717) is 11.0 Å². The van der Waals surface area contributed by atoms with Gasteiger partial charge in [-0.3, -0.25) is 9.78 Å². The Bertz CT molecular complexity index is 1030. The second-order valence-electron chi connectivity index (χ2n) is 6.01. The summed E-state index contributed by atoms with van der Waals surface area (Å²) in [5, 5.41) is 28.8. The molecular formula is C16H18N4O5. The third-order valence-electron chi connectivity index (χ3n) is 4.23. The van der Waals surface area contributed by atoms with Gasteiger partial charge in [0, 0.05) is 0 Å². The average Bonchev–Trinajstić information content (AvgIpc) is 2.56. The van der Waals surface area contributed by atoms with Gasteiger partial charge >= 0.3 is 5.69 Å². The first kappa shape index (κ1) is 17.2. The fraction of sp³-hybridized carbons (Fsp3) is 0.375. The van der Waals surface area contributed by atoms with Crippen LogP contribution in [0.5, 0.6) is 0 Å². The lowest BCUT2D eigenvalue weighted by Crippen LogP contribution is -2.35. The van der Waals surface area contributed by atoms with E-state index in [-0.39, 0.29) is 18.1 Å². The monoisotopic (exact) mass is 346 g/mol. The standard InChI is InChI=1S/C16H18N4O5/c1-7-3-9-10(4-8(7)2)20(5-11(22)12(23)6-21)14-13(17-9)15(24)19-16(25)18-14/h3-4,11-12,21-23H,5-6H2,1-2H3,(H,19,24,25)/t11-,12+/m0/s1. The molecular weight excluding hydrogens is 328 g/mol. The first-order chi connectivity index (χ1) is 11.8. The maximum absolute atomic E-state index is 12.1. The number of nitrogens with one attached hydrogen (secondary N) is 1. The molecule has 0 spiro atoms. The van der Waals surface area contributed by atoms with Crippen molar-refractivity contribution in [3.8, 4) is 11.5 Å². The molecule has 0 saturated heterocycles. The van der Waals surface area contributed by atoms with Crippen LogP contribution >= 0.6 is 0 Å². The van der Waals surface area contributed by atoms with Crippen molar-refractivity contribution in [2.75, 3.05) is 6.61 Å². The minimum Gasteiger partial charge on any atom is -0.394 e. The molecule has 2 atom stereocenters. The number of hydrogen-bond donors (Lipinski definition) is 4. The molecule has 132 valence electrons. The molecule has 0 bridgehead atoms. The summed E-state index contributed by atoms with van der Waals surface area (Å²) in [5.74, 6) is 0.00805. The van der Waals surface area contributed by atoms with E-state index in [1.807, 2.05) is 19.9 Å². The van der Waals surface area contributed by atoms with Gasteiger partial charge in [0.25, 0.3) is 5.56 Å². The number of rotatable bonds is 4. The molecule has 9 heteroatoms. The third kappa shape index (κ3) is 3.04. The summed E-state index contributed by atoms with van der Waals surface area (Å²) >= 11 is 0. The highest BCUT2D eigenvalue weighted by molar-refractivity contribution is 5.81. The highest BCUT2D eigenvalue weighted by atomic mass is 16.4. The number of aliphatic hydroxyl groups excluding tert-OH is 3. The summed E-state index contributed by atoms with van der Waals surface area (Å²) in [5.41, 5.74) is 1.42. The molecule has 0 aliphatic carbocycles. The van der Waals surface area contributed by atoms with Crippen LogP contribution in [0.15, 0.2) is 21.7 Å². The lowest BCUT2D eigenvalue weighted by atomic mass is 10.1. The van der Waals surface area contributed by atoms with Crippen molar-refractivity contribution in [3.63, 3.8) is 0 Å². The van der Waals surface area contributed by atoms with Crippen molar-refractivity contribution in [1.82, 2.24) is 19.5 Å². The van der Waals surface area contributed by atoms with E-state index >= 15 is 0 Å². The van der Waals surface area contributed by atoms with Gasteiger partial charge in [0.1, 0.15) is 12.2 Å². The second kappa shape index (κ2) is 6.36. The van der Waals surface area contributed by atoms with E-state index in [1.54, 1.807) is 6.07 Å². The largest absolute Gasteiger partial charge is 0.394 e. The first-order valence-electron chi connectivity index (χ1n) is 7.70. The van der Waals surface area contributed by atoms with Gasteiger partial charge in [-0.15, -0.1) is 0 Å². The highest BCUT2D eigenvalue weighted by Crippen LogP contribution is 2.24. The van der Waals surface area contributed by atoms with Crippen molar-refractivity contribution in [1.29, 1.82) is 0 Å². The SMILES string of the molecule is Cc1cc2nc3c(=O)[nH]c(=O)nc-3n(C[C@H](O)[C@H](O)CO)c2cc1C. The van der Waals surface area contributed by atoms with Crippen LogP contribution in [-0.2, 0) is 6.54 Å². The van der Waals surface area contributed by atoms with Crippen LogP contribution in [-0.4, -0.2) is 53.7 Å². The molecule has 2 heterocycles. The Morgan fingerprint density at radius 1 is 1.12 bits per heavy atom. The highest BCUT2D eigenvalue weighted by Gasteiger charge is 2.23. The lowest BCUT2D eigenvalue weighted by molar-refractivity contribution is -0.0209. The van der Waals surface area contributed by atoms with E-state index in [2.05, 4.69) is 15.0 Å². The van der Waals surface area contributed by atoms with Crippen molar-refractivity contribution in [3.05, 3.63) is 44.1 Å². The van der Waals surface area contributed by atoms with Gasteiger partial charge in [-0.25, -0.2) is 9.78 Å². The normalized spacial score (nSPS) is 14.1. The van der Waals surface area contributed by atoms with Crippen LogP contribution in [0.4, 0.5) is 0 Å². The fourth-order valence-corrected chi connectivity index (χ4v) is 2.67. The number of aliphatic hydroxyl groups is 3. The number of fused-ring (bicyclic) bond motifs is 2. The first-order valence-corrected chi connectivity index (χ1v) is 7.70. The summed E-state index contributed by atoms with van der Waals surface area (Å²) in [6, 6.07) is 3.60. The number of H-pyrrole nitrogens is 1. The van der Waals surface area contributed by atoms with Crippen molar-refractivity contribution < 1.29 is 15.3 Å². The van der Waals surface area contributed by atoms with Crippen LogP contribution in [0.25, 0.3) is 22.6 Å². The molecule has 0 fully saturated rings. The Kier molecular flexibility index (Phi) is 4.38. The molecule has 4 N–H and O–H groups in total. The molecule has 2 aliphatic rings. The van der Waals surface area contributed by atoms with Crippen molar-refractivity contribution in [2.24, 2.45) is 0 Å². The molecule has 25 heavy (non-hydrogen) atoms. The smallest absolute Gasteiger partial charge is 0.349 e. The topological polar surface area (TPSA) is 141 Å². The van der Waals surface area contributed by atoms with Crippen LogP contribution in [0, 0.1) is 13.8 Å². The molecule has 0 saturated carbocycles.